The second kappa shape index (κ2) is 3.99. The molecule has 0 saturated heterocycles. The van der Waals surface area contributed by atoms with Crippen LogP contribution in [0.15, 0.2) is 0 Å². The number of fused-ring (bicyclic) bond motifs is 4. The van der Waals surface area contributed by atoms with Crippen molar-refractivity contribution in [2.45, 2.75) is 77.7 Å². The summed E-state index contributed by atoms with van der Waals surface area (Å²) < 4.78 is 0. The first-order valence-electron chi connectivity index (χ1n) is 9.62. The monoisotopic (exact) mass is 302 g/mol. The number of ketones is 1. The summed E-state index contributed by atoms with van der Waals surface area (Å²) in [5, 5.41) is 10.2. The third-order valence-electron chi connectivity index (χ3n) is 9.49. The first kappa shape index (κ1) is 14.0. The highest BCUT2D eigenvalue weighted by molar-refractivity contribution is 5.87. The van der Waals surface area contributed by atoms with E-state index in [1.54, 1.807) is 0 Å². The van der Waals surface area contributed by atoms with Crippen molar-refractivity contribution in [3.63, 3.8) is 0 Å². The molecule has 0 heterocycles. The summed E-state index contributed by atoms with van der Waals surface area (Å²) in [5.41, 5.74) is 0.940. The Bertz CT molecular complexity index is 542. The highest BCUT2D eigenvalue weighted by atomic mass is 16.3. The molecule has 22 heavy (non-hydrogen) atoms. The Balaban J connectivity index is 1.53. The zero-order chi connectivity index (χ0) is 15.3. The average molecular weight is 302 g/mol. The first-order valence-corrected chi connectivity index (χ1v) is 9.62. The molecule has 5 fully saturated rings. The smallest absolute Gasteiger partial charge is 0.139 e. The molecule has 2 unspecified atom stereocenters. The largest absolute Gasteiger partial charge is 0.393 e. The van der Waals surface area contributed by atoms with Gasteiger partial charge in [-0.1, -0.05) is 13.8 Å². The Morgan fingerprint density at radius 1 is 1.05 bits per heavy atom. The minimum atomic E-state index is -0.0449. The summed E-state index contributed by atoms with van der Waals surface area (Å²) in [6.07, 6.45) is 10.4. The van der Waals surface area contributed by atoms with Gasteiger partial charge in [0.05, 0.1) is 6.10 Å². The molecule has 2 nitrogen and oxygen atoms in total. The molecule has 122 valence electrons. The molecule has 0 aromatic rings. The quantitative estimate of drug-likeness (QED) is 0.735. The van der Waals surface area contributed by atoms with Gasteiger partial charge in [0.2, 0.25) is 0 Å². The van der Waals surface area contributed by atoms with Crippen LogP contribution in [0.2, 0.25) is 0 Å². The van der Waals surface area contributed by atoms with Crippen LogP contribution in [0.4, 0.5) is 0 Å². The van der Waals surface area contributed by atoms with E-state index in [4.69, 9.17) is 0 Å². The fourth-order valence-electron chi connectivity index (χ4n) is 8.17. The molecule has 2 heteroatoms. The number of Topliss-reactive ketones (excluding diaryl/α,β-unsaturated/α-hetero) is 1. The van der Waals surface area contributed by atoms with Gasteiger partial charge in [0.1, 0.15) is 5.78 Å². The van der Waals surface area contributed by atoms with E-state index in [-0.39, 0.29) is 11.5 Å². The average Bonchev–Trinajstić information content (AvgIpc) is 3.08. The summed E-state index contributed by atoms with van der Waals surface area (Å²) in [6.45, 7) is 4.85. The fraction of sp³-hybridized carbons (Fsp3) is 0.950. The van der Waals surface area contributed by atoms with Crippen molar-refractivity contribution < 1.29 is 9.90 Å². The Morgan fingerprint density at radius 3 is 2.68 bits per heavy atom. The van der Waals surface area contributed by atoms with Crippen LogP contribution < -0.4 is 0 Å². The maximum atomic E-state index is 12.5. The van der Waals surface area contributed by atoms with Gasteiger partial charge < -0.3 is 5.11 Å². The van der Waals surface area contributed by atoms with Gasteiger partial charge in [-0.15, -0.1) is 0 Å². The summed E-state index contributed by atoms with van der Waals surface area (Å²) in [6, 6.07) is 0. The molecule has 1 spiro atoms. The number of aliphatic hydroxyl groups excluding tert-OH is 1. The highest BCUT2D eigenvalue weighted by Gasteiger charge is 2.73. The molecule has 0 bridgehead atoms. The van der Waals surface area contributed by atoms with Gasteiger partial charge in [0.25, 0.3) is 0 Å². The van der Waals surface area contributed by atoms with Crippen molar-refractivity contribution in [3.8, 4) is 0 Å². The minimum Gasteiger partial charge on any atom is -0.393 e. The van der Waals surface area contributed by atoms with Gasteiger partial charge in [-0.05, 0) is 85.9 Å². The van der Waals surface area contributed by atoms with E-state index >= 15 is 0 Å². The van der Waals surface area contributed by atoms with Crippen molar-refractivity contribution >= 4 is 5.78 Å². The molecule has 5 saturated carbocycles. The number of hydrogen-bond acceptors (Lipinski definition) is 2. The molecular weight excluding hydrogens is 272 g/mol. The van der Waals surface area contributed by atoms with Gasteiger partial charge in [0.15, 0.2) is 0 Å². The van der Waals surface area contributed by atoms with Crippen molar-refractivity contribution in [2.75, 3.05) is 0 Å². The lowest BCUT2D eigenvalue weighted by Gasteiger charge is -2.60. The maximum absolute atomic E-state index is 12.5. The van der Waals surface area contributed by atoms with Gasteiger partial charge in [-0.25, -0.2) is 0 Å². The maximum Gasteiger partial charge on any atom is 0.139 e. The van der Waals surface area contributed by atoms with Gasteiger partial charge in [-0.2, -0.15) is 0 Å². The molecule has 0 aromatic carbocycles. The van der Waals surface area contributed by atoms with Gasteiger partial charge in [0, 0.05) is 11.8 Å². The molecule has 0 amide bonds. The molecule has 0 radical (unpaired) electrons. The SMILES string of the molecule is C[C@]12CC[C@H]3[C@@H](CC4CC45C[C@@H](O)CC[C@]35C)[C@@H]1CCC2=O. The van der Waals surface area contributed by atoms with Crippen LogP contribution in [0.5, 0.6) is 0 Å². The highest BCUT2D eigenvalue weighted by Crippen LogP contribution is 2.80. The molecule has 1 N–H and O–H groups in total. The molecular formula is C20H30O2. The first-order chi connectivity index (χ1) is 10.4. The van der Waals surface area contributed by atoms with Gasteiger partial charge >= 0.3 is 0 Å². The van der Waals surface area contributed by atoms with Crippen molar-refractivity contribution in [1.29, 1.82) is 0 Å². The third kappa shape index (κ3) is 1.41. The predicted molar refractivity (Wildman–Crippen MR) is 85.2 cm³/mol. The van der Waals surface area contributed by atoms with Crippen LogP contribution in [-0.4, -0.2) is 17.0 Å². The van der Waals surface area contributed by atoms with Crippen LogP contribution in [0, 0.1) is 39.9 Å². The molecule has 8 atom stereocenters. The summed E-state index contributed by atoms with van der Waals surface area (Å²) in [5.74, 6) is 3.70. The molecule has 5 rings (SSSR count). The third-order valence-corrected chi connectivity index (χ3v) is 9.49. The van der Waals surface area contributed by atoms with Crippen LogP contribution in [0.3, 0.4) is 0 Å². The lowest BCUT2D eigenvalue weighted by Crippen LogP contribution is -2.55. The van der Waals surface area contributed by atoms with Gasteiger partial charge in [-0.3, -0.25) is 4.79 Å². The number of carbonyl (C=O) groups excluding carboxylic acids is 1. The van der Waals surface area contributed by atoms with Crippen LogP contribution >= 0.6 is 0 Å². The van der Waals surface area contributed by atoms with E-state index in [2.05, 4.69) is 13.8 Å². The lowest BCUT2D eigenvalue weighted by molar-refractivity contribution is -0.145. The van der Waals surface area contributed by atoms with E-state index < -0.39 is 0 Å². The predicted octanol–water partition coefficient (Wildman–Crippen LogP) is 3.96. The zero-order valence-electron chi connectivity index (χ0n) is 14.1. The van der Waals surface area contributed by atoms with Crippen molar-refractivity contribution in [3.05, 3.63) is 0 Å². The Kier molecular flexibility index (Phi) is 2.54. The second-order valence-corrected chi connectivity index (χ2v) is 9.90. The van der Waals surface area contributed by atoms with E-state index in [1.165, 1.54) is 25.7 Å². The lowest BCUT2D eigenvalue weighted by atomic mass is 9.44. The van der Waals surface area contributed by atoms with E-state index in [0.29, 0.717) is 22.5 Å². The van der Waals surface area contributed by atoms with Crippen molar-refractivity contribution in [1.82, 2.24) is 0 Å². The van der Waals surface area contributed by atoms with Crippen LogP contribution in [0.1, 0.15) is 71.6 Å². The normalized spacial score (nSPS) is 62.7. The number of carbonyl (C=O) groups is 1. The number of rotatable bonds is 0. The number of aliphatic hydroxyl groups is 1. The molecule has 0 aliphatic heterocycles. The Hall–Kier alpha value is -0.370. The zero-order valence-corrected chi connectivity index (χ0v) is 14.1. The topological polar surface area (TPSA) is 37.3 Å². The second-order valence-electron chi connectivity index (χ2n) is 9.90. The molecule has 0 aromatic heterocycles. The minimum absolute atomic E-state index is 0.0145. The Morgan fingerprint density at radius 2 is 1.86 bits per heavy atom. The molecule has 5 aliphatic carbocycles. The summed E-state index contributed by atoms with van der Waals surface area (Å²) in [7, 11) is 0. The summed E-state index contributed by atoms with van der Waals surface area (Å²) in [4.78, 5) is 12.5. The van der Waals surface area contributed by atoms with E-state index in [1.807, 2.05) is 0 Å². The van der Waals surface area contributed by atoms with Crippen molar-refractivity contribution in [2.24, 2.45) is 39.9 Å². The Labute approximate surface area is 134 Å². The van der Waals surface area contributed by atoms with E-state index in [0.717, 1.165) is 49.9 Å². The van der Waals surface area contributed by atoms with E-state index in [9.17, 15) is 9.90 Å². The van der Waals surface area contributed by atoms with Crippen LogP contribution in [0.25, 0.3) is 0 Å². The van der Waals surface area contributed by atoms with Crippen LogP contribution in [-0.2, 0) is 4.79 Å². The standard InChI is InChI=1S/C20H30O2/c1-18-7-6-16-14(15(18)3-4-17(18)22)9-12-10-20(12)11-13(21)5-8-19(16,20)2/h12-16,21H,3-11H2,1-2H3/t12?,13-,14-,15-,16-,18-,19+,20?/m0/s1. The number of hydrogen-bond donors (Lipinski definition) is 1. The molecule has 5 aliphatic rings. The fourth-order valence-corrected chi connectivity index (χ4v) is 8.17. The summed E-state index contributed by atoms with van der Waals surface area (Å²) >= 11 is 0.